The summed E-state index contributed by atoms with van der Waals surface area (Å²) < 4.78 is 21.4. The second kappa shape index (κ2) is 6.69. The summed E-state index contributed by atoms with van der Waals surface area (Å²) in [4.78, 5) is 15.7. The zero-order chi connectivity index (χ0) is 14.5. The van der Waals surface area contributed by atoms with Crippen molar-refractivity contribution in [2.75, 3.05) is 24.7 Å². The highest BCUT2D eigenvalue weighted by molar-refractivity contribution is 7.89. The lowest BCUT2D eigenvalue weighted by Gasteiger charge is -2.06. The molecule has 0 bridgehead atoms. The number of aromatic nitrogens is 1. The number of nitrogens with two attached hydrogens (primary N) is 1. The molecule has 0 fully saturated rings. The van der Waals surface area contributed by atoms with Crippen LogP contribution in [0.25, 0.3) is 0 Å². The van der Waals surface area contributed by atoms with E-state index in [-0.39, 0.29) is 24.6 Å². The van der Waals surface area contributed by atoms with Crippen molar-refractivity contribution in [2.45, 2.75) is 6.42 Å². The Bertz CT molecular complexity index is 562. The SMILES string of the molecule is CNc1ncc(C(=O)NCCCS(N)(=O)=O)cc1Cl. The van der Waals surface area contributed by atoms with Crippen molar-refractivity contribution in [3.63, 3.8) is 0 Å². The van der Waals surface area contributed by atoms with Crippen molar-refractivity contribution in [1.29, 1.82) is 0 Å². The van der Waals surface area contributed by atoms with Crippen LogP contribution in [-0.2, 0) is 10.0 Å². The second-order valence-corrected chi connectivity index (χ2v) is 5.92. The number of hydrogen-bond acceptors (Lipinski definition) is 5. The first kappa shape index (κ1) is 15.7. The first-order valence-electron chi connectivity index (χ1n) is 5.45. The van der Waals surface area contributed by atoms with Crippen LogP contribution in [0.1, 0.15) is 16.8 Å². The van der Waals surface area contributed by atoms with E-state index >= 15 is 0 Å². The highest BCUT2D eigenvalue weighted by Gasteiger charge is 2.09. The number of carbonyl (C=O) groups is 1. The Labute approximate surface area is 116 Å². The van der Waals surface area contributed by atoms with Crippen LogP contribution in [0.15, 0.2) is 12.3 Å². The molecule has 1 heterocycles. The molecule has 1 rings (SSSR count). The van der Waals surface area contributed by atoms with Crippen molar-refractivity contribution in [1.82, 2.24) is 10.3 Å². The van der Waals surface area contributed by atoms with Gasteiger partial charge in [0.25, 0.3) is 5.91 Å². The number of halogens is 1. The number of amides is 1. The molecular formula is C10H15ClN4O3S. The van der Waals surface area contributed by atoms with Gasteiger partial charge in [-0.1, -0.05) is 11.6 Å². The number of hydrogen-bond donors (Lipinski definition) is 3. The van der Waals surface area contributed by atoms with E-state index in [4.69, 9.17) is 16.7 Å². The van der Waals surface area contributed by atoms with Gasteiger partial charge in [-0.25, -0.2) is 18.5 Å². The van der Waals surface area contributed by atoms with E-state index in [0.717, 1.165) is 0 Å². The largest absolute Gasteiger partial charge is 0.372 e. The molecule has 0 aliphatic heterocycles. The first-order chi connectivity index (χ1) is 8.83. The smallest absolute Gasteiger partial charge is 0.252 e. The maximum absolute atomic E-state index is 11.7. The summed E-state index contributed by atoms with van der Waals surface area (Å²) in [7, 11) is -1.83. The molecule has 1 amide bonds. The number of anilines is 1. The standard InChI is InChI=1S/C10H15ClN4O3S/c1-13-9-8(11)5-7(6-15-9)10(16)14-3-2-4-19(12,17)18/h5-6H,2-4H2,1H3,(H,13,15)(H,14,16)(H2,12,17,18). The molecule has 0 atom stereocenters. The molecule has 1 aromatic rings. The maximum atomic E-state index is 11.7. The quantitative estimate of drug-likeness (QED) is 0.649. The average molecular weight is 307 g/mol. The van der Waals surface area contributed by atoms with Crippen LogP contribution in [-0.4, -0.2) is 38.7 Å². The van der Waals surface area contributed by atoms with Crippen LogP contribution in [0.3, 0.4) is 0 Å². The molecule has 0 aliphatic carbocycles. The molecule has 4 N–H and O–H groups in total. The third-order valence-electron chi connectivity index (χ3n) is 2.23. The monoisotopic (exact) mass is 306 g/mol. The lowest BCUT2D eigenvalue weighted by Crippen LogP contribution is -2.27. The van der Waals surface area contributed by atoms with Gasteiger partial charge in [-0.2, -0.15) is 0 Å². The molecule has 0 saturated carbocycles. The molecule has 0 aromatic carbocycles. The average Bonchev–Trinajstić information content (AvgIpc) is 2.33. The van der Waals surface area contributed by atoms with Gasteiger partial charge in [0.1, 0.15) is 5.82 Å². The molecule has 0 spiro atoms. The summed E-state index contributed by atoms with van der Waals surface area (Å²) in [5.41, 5.74) is 0.305. The van der Waals surface area contributed by atoms with Crippen molar-refractivity contribution in [3.05, 3.63) is 22.8 Å². The van der Waals surface area contributed by atoms with Crippen molar-refractivity contribution in [3.8, 4) is 0 Å². The lowest BCUT2D eigenvalue weighted by molar-refractivity contribution is 0.0953. The minimum Gasteiger partial charge on any atom is -0.372 e. The van der Waals surface area contributed by atoms with Crippen molar-refractivity contribution >= 4 is 33.3 Å². The molecule has 0 unspecified atom stereocenters. The minimum absolute atomic E-state index is 0.176. The molecule has 106 valence electrons. The Morgan fingerprint density at radius 3 is 2.74 bits per heavy atom. The molecule has 0 aliphatic rings. The van der Waals surface area contributed by atoms with E-state index in [2.05, 4.69) is 15.6 Å². The Morgan fingerprint density at radius 1 is 1.53 bits per heavy atom. The number of primary sulfonamides is 1. The highest BCUT2D eigenvalue weighted by atomic mass is 35.5. The van der Waals surface area contributed by atoms with Crippen LogP contribution in [0.5, 0.6) is 0 Å². The normalized spacial score (nSPS) is 11.1. The van der Waals surface area contributed by atoms with Crippen molar-refractivity contribution < 1.29 is 13.2 Å². The second-order valence-electron chi connectivity index (χ2n) is 3.78. The van der Waals surface area contributed by atoms with Crippen LogP contribution < -0.4 is 15.8 Å². The molecule has 9 heteroatoms. The van der Waals surface area contributed by atoms with Crippen LogP contribution in [0.4, 0.5) is 5.82 Å². The zero-order valence-electron chi connectivity index (χ0n) is 10.3. The number of pyridine rings is 1. The van der Waals surface area contributed by atoms with Gasteiger partial charge < -0.3 is 10.6 Å². The van der Waals surface area contributed by atoms with E-state index in [9.17, 15) is 13.2 Å². The zero-order valence-corrected chi connectivity index (χ0v) is 11.9. The summed E-state index contributed by atoms with van der Waals surface area (Å²) in [5, 5.41) is 10.5. The summed E-state index contributed by atoms with van der Waals surface area (Å²) in [5.74, 6) is -0.0655. The Balaban J connectivity index is 2.52. The molecular weight excluding hydrogens is 292 g/mol. The molecule has 1 aromatic heterocycles. The lowest BCUT2D eigenvalue weighted by atomic mass is 10.2. The van der Waals surface area contributed by atoms with Crippen LogP contribution in [0, 0.1) is 0 Å². The number of carbonyl (C=O) groups excluding carboxylic acids is 1. The first-order valence-corrected chi connectivity index (χ1v) is 7.55. The predicted molar refractivity (Wildman–Crippen MR) is 73.7 cm³/mol. The fourth-order valence-electron chi connectivity index (χ4n) is 1.32. The van der Waals surface area contributed by atoms with Gasteiger partial charge in [-0.3, -0.25) is 4.79 Å². The number of rotatable bonds is 6. The van der Waals surface area contributed by atoms with E-state index in [1.54, 1.807) is 7.05 Å². The van der Waals surface area contributed by atoms with Gasteiger partial charge in [-0.15, -0.1) is 0 Å². The fourth-order valence-corrected chi connectivity index (χ4v) is 2.13. The predicted octanol–water partition coefficient (Wildman–Crippen LogP) is 0.185. The Morgan fingerprint density at radius 2 is 2.21 bits per heavy atom. The van der Waals surface area contributed by atoms with E-state index < -0.39 is 10.0 Å². The van der Waals surface area contributed by atoms with Gasteiger partial charge in [0.2, 0.25) is 10.0 Å². The highest BCUT2D eigenvalue weighted by Crippen LogP contribution is 2.19. The summed E-state index contributed by atoms with van der Waals surface area (Å²) in [6, 6.07) is 1.48. The summed E-state index contributed by atoms with van der Waals surface area (Å²) in [6.45, 7) is 0.209. The Hall–Kier alpha value is -1.38. The fraction of sp³-hybridized carbons (Fsp3) is 0.400. The number of nitrogens with one attached hydrogen (secondary N) is 2. The minimum atomic E-state index is -3.50. The third kappa shape index (κ3) is 5.41. The molecule has 0 radical (unpaired) electrons. The van der Waals surface area contributed by atoms with Crippen molar-refractivity contribution in [2.24, 2.45) is 5.14 Å². The van der Waals surface area contributed by atoms with Gasteiger partial charge in [0.15, 0.2) is 0 Å². The maximum Gasteiger partial charge on any atom is 0.252 e. The van der Waals surface area contributed by atoms with Gasteiger partial charge >= 0.3 is 0 Å². The van der Waals surface area contributed by atoms with Gasteiger partial charge in [0, 0.05) is 19.8 Å². The van der Waals surface area contributed by atoms with E-state index in [1.807, 2.05) is 0 Å². The third-order valence-corrected chi connectivity index (χ3v) is 3.38. The topological polar surface area (TPSA) is 114 Å². The summed E-state index contributed by atoms with van der Waals surface area (Å²) in [6.07, 6.45) is 1.63. The molecule has 7 nitrogen and oxygen atoms in total. The number of sulfonamides is 1. The van der Waals surface area contributed by atoms with Gasteiger partial charge in [0.05, 0.1) is 16.3 Å². The number of nitrogens with zero attached hydrogens (tertiary/aromatic N) is 1. The van der Waals surface area contributed by atoms with Crippen LogP contribution >= 0.6 is 11.6 Å². The van der Waals surface area contributed by atoms with Gasteiger partial charge in [-0.05, 0) is 12.5 Å². The molecule has 0 saturated heterocycles. The summed E-state index contributed by atoms with van der Waals surface area (Å²) >= 11 is 5.89. The molecule has 19 heavy (non-hydrogen) atoms. The Kier molecular flexibility index (Phi) is 5.52. The van der Waals surface area contributed by atoms with Crippen LogP contribution in [0.2, 0.25) is 5.02 Å². The van der Waals surface area contributed by atoms with E-state index in [0.29, 0.717) is 16.4 Å². The van der Waals surface area contributed by atoms with E-state index in [1.165, 1.54) is 12.3 Å².